The van der Waals surface area contributed by atoms with Gasteiger partial charge in [0.1, 0.15) is 30.0 Å². The number of aliphatic hydroxyl groups excluding tert-OH is 1. The molecule has 0 saturated carbocycles. The van der Waals surface area contributed by atoms with Crippen LogP contribution in [0.25, 0.3) is 0 Å². The number of alkyl halides is 2. The SMILES string of the molecule is OC(COc1ccc(C(F)(F)C2(c3ccc(I)cc3F)CO2)nc1)c1ccccc1. The van der Waals surface area contributed by atoms with Gasteiger partial charge in [0.15, 0.2) is 5.60 Å². The van der Waals surface area contributed by atoms with Crippen molar-refractivity contribution in [1.82, 2.24) is 4.98 Å². The van der Waals surface area contributed by atoms with Crippen molar-refractivity contribution in [2.45, 2.75) is 17.6 Å². The molecule has 0 aliphatic carbocycles. The molecule has 1 saturated heterocycles. The lowest BCUT2D eigenvalue weighted by Crippen LogP contribution is -2.34. The molecule has 1 aliphatic rings. The van der Waals surface area contributed by atoms with E-state index in [2.05, 4.69) is 4.98 Å². The van der Waals surface area contributed by atoms with Crippen LogP contribution in [0.5, 0.6) is 5.75 Å². The van der Waals surface area contributed by atoms with Gasteiger partial charge in [-0.05, 0) is 52.4 Å². The van der Waals surface area contributed by atoms with Crippen molar-refractivity contribution in [3.05, 3.63) is 93.1 Å². The molecule has 0 spiro atoms. The number of nitrogens with zero attached hydrogens (tertiary/aromatic N) is 1. The Labute approximate surface area is 184 Å². The van der Waals surface area contributed by atoms with Crippen molar-refractivity contribution < 1.29 is 27.8 Å². The molecule has 1 N–H and O–H groups in total. The van der Waals surface area contributed by atoms with E-state index in [1.807, 2.05) is 28.7 Å². The Balaban J connectivity index is 1.49. The summed E-state index contributed by atoms with van der Waals surface area (Å²) in [6.45, 7) is -0.358. The molecular weight excluding hydrogens is 510 g/mol. The first-order chi connectivity index (χ1) is 14.3. The van der Waals surface area contributed by atoms with E-state index in [0.717, 1.165) is 12.3 Å². The van der Waals surface area contributed by atoms with Crippen LogP contribution in [0.3, 0.4) is 0 Å². The lowest BCUT2D eigenvalue weighted by Gasteiger charge is -2.24. The molecule has 2 atom stereocenters. The molecule has 8 heteroatoms. The molecule has 3 aromatic rings. The first-order valence-corrected chi connectivity index (χ1v) is 10.2. The topological polar surface area (TPSA) is 54.9 Å². The van der Waals surface area contributed by atoms with E-state index in [1.165, 1.54) is 18.2 Å². The monoisotopic (exact) mass is 527 g/mol. The minimum atomic E-state index is -3.54. The molecular formula is C22H17F3INO3. The summed E-state index contributed by atoms with van der Waals surface area (Å²) in [5.41, 5.74) is -2.13. The van der Waals surface area contributed by atoms with Crippen LogP contribution in [-0.2, 0) is 16.3 Å². The quantitative estimate of drug-likeness (QED) is 0.349. The lowest BCUT2D eigenvalue weighted by molar-refractivity contribution is -0.0902. The predicted octanol–water partition coefficient (Wildman–Crippen LogP) is 4.96. The highest BCUT2D eigenvalue weighted by Gasteiger charge is 2.68. The first-order valence-electron chi connectivity index (χ1n) is 9.13. The third-order valence-corrected chi connectivity index (χ3v) is 5.63. The highest BCUT2D eigenvalue weighted by Crippen LogP contribution is 2.56. The van der Waals surface area contributed by atoms with Crippen LogP contribution in [0.2, 0.25) is 0 Å². The molecule has 0 bridgehead atoms. The van der Waals surface area contributed by atoms with E-state index in [9.17, 15) is 9.50 Å². The smallest absolute Gasteiger partial charge is 0.324 e. The van der Waals surface area contributed by atoms with Crippen LogP contribution >= 0.6 is 22.6 Å². The normalized spacial score (nSPS) is 19.4. The Morgan fingerprint density at radius 1 is 1.17 bits per heavy atom. The fraction of sp³-hybridized carbons (Fsp3) is 0.227. The van der Waals surface area contributed by atoms with E-state index in [0.29, 0.717) is 9.13 Å². The van der Waals surface area contributed by atoms with Crippen molar-refractivity contribution in [3.63, 3.8) is 0 Å². The van der Waals surface area contributed by atoms with Crippen LogP contribution in [0.1, 0.15) is 22.9 Å². The molecule has 156 valence electrons. The van der Waals surface area contributed by atoms with Gasteiger partial charge in [-0.2, -0.15) is 8.78 Å². The fourth-order valence-corrected chi connectivity index (χ4v) is 3.65. The van der Waals surface area contributed by atoms with Gasteiger partial charge in [-0.15, -0.1) is 0 Å². The van der Waals surface area contributed by atoms with Crippen LogP contribution in [0.15, 0.2) is 66.9 Å². The number of rotatable bonds is 7. The molecule has 1 fully saturated rings. The Bertz CT molecular complexity index is 1030. The summed E-state index contributed by atoms with van der Waals surface area (Å²) < 4.78 is 55.9. The maximum atomic E-state index is 15.2. The van der Waals surface area contributed by atoms with Crippen molar-refractivity contribution in [3.8, 4) is 5.75 Å². The number of benzene rings is 2. The Kier molecular flexibility index (Phi) is 5.73. The number of aliphatic hydroxyl groups is 1. The third-order valence-electron chi connectivity index (χ3n) is 4.96. The van der Waals surface area contributed by atoms with Gasteiger partial charge >= 0.3 is 5.92 Å². The summed E-state index contributed by atoms with van der Waals surface area (Å²) in [5, 5.41) is 10.1. The summed E-state index contributed by atoms with van der Waals surface area (Å²) in [7, 11) is 0. The number of halogens is 4. The fourth-order valence-electron chi connectivity index (χ4n) is 3.20. The second kappa shape index (κ2) is 8.16. The average Bonchev–Trinajstić information content (AvgIpc) is 3.55. The standard InChI is InChI=1S/C22H17F3INO3/c23-18-10-15(26)6-8-17(18)21(13-30-21)22(24,25)20-9-7-16(11-27-20)29-12-19(28)14-4-2-1-3-5-14/h1-11,19,28H,12-13H2. The Morgan fingerprint density at radius 3 is 2.50 bits per heavy atom. The Hall–Kier alpha value is -2.17. The van der Waals surface area contributed by atoms with Gasteiger partial charge in [0.2, 0.25) is 0 Å². The largest absolute Gasteiger partial charge is 0.489 e. The summed E-state index contributed by atoms with van der Waals surface area (Å²) in [6.07, 6.45) is 0.292. The van der Waals surface area contributed by atoms with Crippen molar-refractivity contribution >= 4 is 22.6 Å². The van der Waals surface area contributed by atoms with E-state index in [4.69, 9.17) is 9.47 Å². The number of hydrogen-bond acceptors (Lipinski definition) is 4. The molecule has 1 aromatic heterocycles. The zero-order valence-electron chi connectivity index (χ0n) is 15.6. The summed E-state index contributed by atoms with van der Waals surface area (Å²) in [6, 6.07) is 15.5. The van der Waals surface area contributed by atoms with E-state index < -0.39 is 29.1 Å². The second-order valence-corrected chi connectivity index (χ2v) is 8.18. The van der Waals surface area contributed by atoms with Gasteiger partial charge in [-0.3, -0.25) is 4.98 Å². The molecule has 2 heterocycles. The van der Waals surface area contributed by atoms with Gasteiger partial charge in [-0.25, -0.2) is 4.39 Å². The van der Waals surface area contributed by atoms with Gasteiger partial charge in [-0.1, -0.05) is 36.4 Å². The molecule has 30 heavy (non-hydrogen) atoms. The second-order valence-electron chi connectivity index (χ2n) is 6.93. The van der Waals surface area contributed by atoms with E-state index in [-0.39, 0.29) is 24.5 Å². The number of pyridine rings is 1. The summed E-state index contributed by atoms with van der Waals surface area (Å²) >= 11 is 1.91. The van der Waals surface area contributed by atoms with Crippen molar-refractivity contribution in [2.24, 2.45) is 0 Å². The van der Waals surface area contributed by atoms with E-state index in [1.54, 1.807) is 30.3 Å². The zero-order chi connectivity index (χ0) is 21.4. The molecule has 2 unspecified atom stereocenters. The first kappa shape index (κ1) is 21.1. The molecule has 4 rings (SSSR count). The minimum absolute atomic E-state index is 0.0532. The molecule has 2 aromatic carbocycles. The van der Waals surface area contributed by atoms with Crippen LogP contribution in [0, 0.1) is 9.39 Å². The van der Waals surface area contributed by atoms with Crippen molar-refractivity contribution in [2.75, 3.05) is 13.2 Å². The third kappa shape index (κ3) is 3.91. The van der Waals surface area contributed by atoms with Gasteiger partial charge in [0.05, 0.1) is 12.8 Å². The number of aromatic nitrogens is 1. The van der Waals surface area contributed by atoms with Crippen LogP contribution in [0.4, 0.5) is 13.2 Å². The average molecular weight is 527 g/mol. The zero-order valence-corrected chi connectivity index (χ0v) is 17.7. The number of hydrogen-bond donors (Lipinski definition) is 1. The molecule has 1 aliphatic heterocycles. The molecule has 0 radical (unpaired) electrons. The minimum Gasteiger partial charge on any atom is -0.489 e. The summed E-state index contributed by atoms with van der Waals surface area (Å²) in [4.78, 5) is 3.82. The van der Waals surface area contributed by atoms with Crippen LogP contribution in [-0.4, -0.2) is 23.3 Å². The van der Waals surface area contributed by atoms with Gasteiger partial charge in [0.25, 0.3) is 0 Å². The number of ether oxygens (including phenoxy) is 2. The van der Waals surface area contributed by atoms with Crippen molar-refractivity contribution in [1.29, 1.82) is 0 Å². The highest BCUT2D eigenvalue weighted by molar-refractivity contribution is 14.1. The predicted molar refractivity (Wildman–Crippen MR) is 112 cm³/mol. The molecule has 0 amide bonds. The summed E-state index contributed by atoms with van der Waals surface area (Å²) in [5.74, 6) is -4.05. The van der Waals surface area contributed by atoms with Gasteiger partial charge in [0, 0.05) is 9.13 Å². The maximum Gasteiger partial charge on any atom is 0.324 e. The van der Waals surface area contributed by atoms with Crippen LogP contribution < -0.4 is 4.74 Å². The molecule has 4 nitrogen and oxygen atoms in total. The van der Waals surface area contributed by atoms with Gasteiger partial charge < -0.3 is 14.6 Å². The van der Waals surface area contributed by atoms with E-state index >= 15 is 8.78 Å². The maximum absolute atomic E-state index is 15.2. The lowest BCUT2D eigenvalue weighted by atomic mass is 9.90. The Morgan fingerprint density at radius 2 is 1.90 bits per heavy atom. The number of epoxide rings is 1. The highest BCUT2D eigenvalue weighted by atomic mass is 127.